The molecule has 0 spiro atoms. The summed E-state index contributed by atoms with van der Waals surface area (Å²) in [5, 5.41) is 13.1. The largest absolute Gasteiger partial charge is 0.456 e. The number of non-ortho nitro benzene ring substituents is 1. The summed E-state index contributed by atoms with van der Waals surface area (Å²) < 4.78 is 5.87. The zero-order chi connectivity index (χ0) is 16.7. The van der Waals surface area contributed by atoms with E-state index in [0.29, 0.717) is 22.3 Å². The number of fused-ring (bicyclic) bond motifs is 3. The molecule has 0 saturated carbocycles. The van der Waals surface area contributed by atoms with Gasteiger partial charge in [0.25, 0.3) is 5.69 Å². The molecule has 3 aromatic carbocycles. The third kappa shape index (κ3) is 2.23. The Labute approximate surface area is 135 Å². The van der Waals surface area contributed by atoms with Gasteiger partial charge in [-0.2, -0.15) is 0 Å². The molecule has 0 amide bonds. The lowest BCUT2D eigenvalue weighted by Crippen LogP contribution is -2.01. The number of hydrogen-bond donors (Lipinski definition) is 0. The third-order valence-corrected chi connectivity index (χ3v) is 3.98. The van der Waals surface area contributed by atoms with E-state index < -0.39 is 4.92 Å². The Morgan fingerprint density at radius 1 is 0.917 bits per heavy atom. The summed E-state index contributed by atoms with van der Waals surface area (Å²) in [7, 11) is 0. The highest BCUT2D eigenvalue weighted by Crippen LogP contribution is 2.27. The molecule has 0 radical (unpaired) electrons. The predicted octanol–water partition coefficient (Wildman–Crippen LogP) is 4.52. The van der Waals surface area contributed by atoms with Crippen molar-refractivity contribution in [2.24, 2.45) is 0 Å². The highest BCUT2D eigenvalue weighted by Gasteiger charge is 2.11. The van der Waals surface area contributed by atoms with E-state index in [2.05, 4.69) is 0 Å². The molecule has 5 heteroatoms. The number of benzene rings is 3. The van der Waals surface area contributed by atoms with Gasteiger partial charge in [0.05, 0.1) is 10.3 Å². The molecule has 0 aliphatic heterocycles. The standard InChI is InChI=1S/C19H11NO4/c21-16-11-18(13-5-8-14(9-6-13)20(22)23)24-17-10-7-12-3-1-2-4-15(12)19(16)17/h1-11H. The molecule has 116 valence electrons. The molecule has 0 N–H and O–H groups in total. The first-order chi connectivity index (χ1) is 11.6. The summed E-state index contributed by atoms with van der Waals surface area (Å²) in [5.74, 6) is 0.387. The van der Waals surface area contributed by atoms with Crippen LogP contribution in [0.1, 0.15) is 0 Å². The third-order valence-electron chi connectivity index (χ3n) is 3.98. The summed E-state index contributed by atoms with van der Waals surface area (Å²) in [6.07, 6.45) is 0. The Morgan fingerprint density at radius 3 is 2.42 bits per heavy atom. The Kier molecular flexibility index (Phi) is 3.13. The molecule has 0 fully saturated rings. The summed E-state index contributed by atoms with van der Waals surface area (Å²) in [6, 6.07) is 18.7. The highest BCUT2D eigenvalue weighted by molar-refractivity contribution is 6.05. The minimum atomic E-state index is -0.466. The van der Waals surface area contributed by atoms with Gasteiger partial charge >= 0.3 is 0 Å². The average molecular weight is 317 g/mol. The van der Waals surface area contributed by atoms with Gasteiger partial charge in [0.15, 0.2) is 5.43 Å². The van der Waals surface area contributed by atoms with Crippen LogP contribution >= 0.6 is 0 Å². The molecule has 0 atom stereocenters. The van der Waals surface area contributed by atoms with Crippen LogP contribution in [0, 0.1) is 10.1 Å². The summed E-state index contributed by atoms with van der Waals surface area (Å²) in [5.41, 5.74) is 0.969. The number of nitrogens with zero attached hydrogens (tertiary/aromatic N) is 1. The second-order valence-electron chi connectivity index (χ2n) is 5.44. The fraction of sp³-hybridized carbons (Fsp3) is 0. The van der Waals surface area contributed by atoms with Crippen molar-refractivity contribution in [2.75, 3.05) is 0 Å². The van der Waals surface area contributed by atoms with Gasteiger partial charge in [-0.05, 0) is 29.0 Å². The minimum absolute atomic E-state index is 0.00659. The van der Waals surface area contributed by atoms with Crippen molar-refractivity contribution in [1.29, 1.82) is 0 Å². The van der Waals surface area contributed by atoms with Crippen molar-refractivity contribution in [1.82, 2.24) is 0 Å². The molecule has 1 aromatic heterocycles. The van der Waals surface area contributed by atoms with Crippen LogP contribution in [0.15, 0.2) is 75.9 Å². The van der Waals surface area contributed by atoms with Crippen molar-refractivity contribution >= 4 is 27.4 Å². The molecule has 1 heterocycles. The smallest absolute Gasteiger partial charge is 0.269 e. The van der Waals surface area contributed by atoms with Crippen LogP contribution in [0.5, 0.6) is 0 Å². The van der Waals surface area contributed by atoms with Crippen LogP contribution in [0.2, 0.25) is 0 Å². The summed E-state index contributed by atoms with van der Waals surface area (Å²) >= 11 is 0. The topological polar surface area (TPSA) is 73.3 Å². The van der Waals surface area contributed by atoms with Gasteiger partial charge in [-0.1, -0.05) is 30.3 Å². The Balaban J connectivity index is 1.94. The minimum Gasteiger partial charge on any atom is -0.456 e. The van der Waals surface area contributed by atoms with Crippen molar-refractivity contribution in [3.63, 3.8) is 0 Å². The van der Waals surface area contributed by atoms with Crippen LogP contribution in [0.4, 0.5) is 5.69 Å². The maximum atomic E-state index is 12.6. The number of hydrogen-bond acceptors (Lipinski definition) is 4. The van der Waals surface area contributed by atoms with Gasteiger partial charge in [-0.25, -0.2) is 0 Å². The molecule has 0 aliphatic carbocycles. The number of nitro groups is 1. The van der Waals surface area contributed by atoms with Gasteiger partial charge in [-0.3, -0.25) is 14.9 Å². The lowest BCUT2D eigenvalue weighted by atomic mass is 10.0. The second kappa shape index (κ2) is 5.31. The lowest BCUT2D eigenvalue weighted by molar-refractivity contribution is -0.384. The Morgan fingerprint density at radius 2 is 1.67 bits per heavy atom. The van der Waals surface area contributed by atoms with Gasteiger partial charge in [0, 0.05) is 23.8 Å². The highest BCUT2D eigenvalue weighted by atomic mass is 16.6. The van der Waals surface area contributed by atoms with Crippen molar-refractivity contribution in [3.05, 3.63) is 87.1 Å². The van der Waals surface area contributed by atoms with E-state index in [0.717, 1.165) is 10.8 Å². The normalized spacial score (nSPS) is 11.0. The van der Waals surface area contributed by atoms with Gasteiger partial charge in [-0.15, -0.1) is 0 Å². The molecule has 0 bridgehead atoms. The van der Waals surface area contributed by atoms with E-state index in [9.17, 15) is 14.9 Å². The first-order valence-corrected chi connectivity index (χ1v) is 7.34. The van der Waals surface area contributed by atoms with Crippen LogP contribution in [0.25, 0.3) is 33.1 Å². The first-order valence-electron chi connectivity index (χ1n) is 7.34. The molecule has 24 heavy (non-hydrogen) atoms. The molecule has 5 nitrogen and oxygen atoms in total. The molecule has 0 saturated heterocycles. The van der Waals surface area contributed by atoms with Crippen LogP contribution < -0.4 is 5.43 Å². The number of rotatable bonds is 2. The van der Waals surface area contributed by atoms with Crippen molar-refractivity contribution in [2.45, 2.75) is 0 Å². The van der Waals surface area contributed by atoms with E-state index in [-0.39, 0.29) is 11.1 Å². The van der Waals surface area contributed by atoms with E-state index in [1.165, 1.54) is 18.2 Å². The van der Waals surface area contributed by atoms with E-state index in [4.69, 9.17) is 4.42 Å². The first kappa shape index (κ1) is 14.1. The van der Waals surface area contributed by atoms with Gasteiger partial charge in [0.1, 0.15) is 11.3 Å². The van der Waals surface area contributed by atoms with Crippen molar-refractivity contribution < 1.29 is 9.34 Å². The number of nitro benzene ring substituents is 1. The zero-order valence-corrected chi connectivity index (χ0v) is 12.4. The summed E-state index contributed by atoms with van der Waals surface area (Å²) in [6.45, 7) is 0. The lowest BCUT2D eigenvalue weighted by Gasteiger charge is -2.05. The fourth-order valence-corrected chi connectivity index (χ4v) is 2.82. The van der Waals surface area contributed by atoms with Crippen LogP contribution in [-0.4, -0.2) is 4.92 Å². The maximum Gasteiger partial charge on any atom is 0.269 e. The molecule has 4 aromatic rings. The van der Waals surface area contributed by atoms with E-state index in [1.807, 2.05) is 30.3 Å². The maximum absolute atomic E-state index is 12.6. The monoisotopic (exact) mass is 317 g/mol. The van der Waals surface area contributed by atoms with Crippen molar-refractivity contribution in [3.8, 4) is 11.3 Å². The quantitative estimate of drug-likeness (QED) is 0.309. The Bertz CT molecular complexity index is 1140. The fourth-order valence-electron chi connectivity index (χ4n) is 2.82. The zero-order valence-electron chi connectivity index (χ0n) is 12.4. The van der Waals surface area contributed by atoms with Gasteiger partial charge < -0.3 is 4.42 Å². The molecule has 0 aliphatic rings. The molecular formula is C19H11NO4. The summed E-state index contributed by atoms with van der Waals surface area (Å²) in [4.78, 5) is 22.9. The van der Waals surface area contributed by atoms with E-state index in [1.54, 1.807) is 18.2 Å². The van der Waals surface area contributed by atoms with E-state index >= 15 is 0 Å². The average Bonchev–Trinajstić information content (AvgIpc) is 2.61. The molecule has 4 rings (SSSR count). The van der Waals surface area contributed by atoms with Crippen LogP contribution in [0.3, 0.4) is 0 Å². The SMILES string of the molecule is O=c1cc(-c2ccc([N+](=O)[O-])cc2)oc2ccc3ccccc3c12. The second-order valence-corrected chi connectivity index (χ2v) is 5.44. The molecular weight excluding hydrogens is 306 g/mol. The van der Waals surface area contributed by atoms with Crippen LogP contribution in [-0.2, 0) is 0 Å². The predicted molar refractivity (Wildman–Crippen MR) is 92.1 cm³/mol. The molecule has 0 unspecified atom stereocenters. The van der Waals surface area contributed by atoms with Gasteiger partial charge in [0.2, 0.25) is 0 Å². The Hall–Kier alpha value is -3.47.